The summed E-state index contributed by atoms with van der Waals surface area (Å²) in [5, 5.41) is 14.3. The lowest BCUT2D eigenvalue weighted by atomic mass is 10.2. The summed E-state index contributed by atoms with van der Waals surface area (Å²) in [5.41, 5.74) is 0. The van der Waals surface area contributed by atoms with Gasteiger partial charge in [0.25, 0.3) is 0 Å². The Morgan fingerprint density at radius 2 is 2.20 bits per heavy atom. The van der Waals surface area contributed by atoms with Crippen molar-refractivity contribution in [3.63, 3.8) is 0 Å². The molecule has 1 aromatic heterocycles. The predicted octanol–water partition coefficient (Wildman–Crippen LogP) is 1.87. The average molecular weight is 348 g/mol. The molecule has 7 nitrogen and oxygen atoms in total. The number of hydrogen-bond donors (Lipinski definition) is 2. The maximum atomic E-state index is 13.3. The van der Waals surface area contributed by atoms with Gasteiger partial charge < -0.3 is 19.9 Å². The van der Waals surface area contributed by atoms with Gasteiger partial charge in [-0.2, -0.15) is 0 Å². The summed E-state index contributed by atoms with van der Waals surface area (Å²) in [4.78, 5) is 4.50. The third kappa shape index (κ3) is 6.06. The van der Waals surface area contributed by atoms with Crippen LogP contribution in [0.2, 0.25) is 0 Å². The highest BCUT2D eigenvalue weighted by Gasteiger charge is 2.10. The van der Waals surface area contributed by atoms with Gasteiger partial charge in [0.05, 0.1) is 6.54 Å². The molecule has 2 rings (SSSR count). The minimum atomic E-state index is -0.307. The Labute approximate surface area is 147 Å². The average Bonchev–Trinajstić information content (AvgIpc) is 3.01. The fourth-order valence-corrected chi connectivity index (χ4v) is 2.15. The van der Waals surface area contributed by atoms with Crippen LogP contribution in [0.4, 0.5) is 4.39 Å². The summed E-state index contributed by atoms with van der Waals surface area (Å²) in [6, 6.07) is 6.17. The van der Waals surface area contributed by atoms with E-state index in [1.165, 1.54) is 12.1 Å². The smallest absolute Gasteiger partial charge is 0.191 e. The third-order valence-electron chi connectivity index (χ3n) is 3.58. The van der Waals surface area contributed by atoms with Gasteiger partial charge >= 0.3 is 0 Å². The summed E-state index contributed by atoms with van der Waals surface area (Å²) in [6.07, 6.45) is 2.33. The first-order valence-electron chi connectivity index (χ1n) is 8.39. The first kappa shape index (κ1) is 18.7. The van der Waals surface area contributed by atoms with Crippen LogP contribution in [0.25, 0.3) is 0 Å². The van der Waals surface area contributed by atoms with Crippen molar-refractivity contribution < 1.29 is 9.13 Å². The number of nitrogens with zero attached hydrogens (tertiary/aromatic N) is 4. The lowest BCUT2D eigenvalue weighted by molar-refractivity contribution is 0.198. The molecular formula is C17H25FN6O. The van der Waals surface area contributed by atoms with Crippen LogP contribution in [0.1, 0.15) is 26.1 Å². The van der Waals surface area contributed by atoms with E-state index in [-0.39, 0.29) is 11.9 Å². The molecule has 0 aliphatic heterocycles. The minimum Gasteiger partial charge on any atom is -0.489 e. The number of benzene rings is 1. The number of ether oxygens (including phenoxy) is 1. The van der Waals surface area contributed by atoms with Crippen molar-refractivity contribution in [2.45, 2.75) is 32.9 Å². The highest BCUT2D eigenvalue weighted by atomic mass is 19.1. The zero-order valence-corrected chi connectivity index (χ0v) is 14.9. The maximum Gasteiger partial charge on any atom is 0.191 e. The van der Waals surface area contributed by atoms with E-state index >= 15 is 0 Å². The van der Waals surface area contributed by atoms with Crippen LogP contribution in [-0.2, 0) is 13.6 Å². The van der Waals surface area contributed by atoms with E-state index < -0.39 is 0 Å². The number of aliphatic imine (C=N–C) groups is 1. The van der Waals surface area contributed by atoms with Crippen molar-refractivity contribution in [3.05, 3.63) is 42.2 Å². The minimum absolute atomic E-state index is 0.0968. The molecule has 2 N–H and O–H groups in total. The molecule has 8 heteroatoms. The van der Waals surface area contributed by atoms with Gasteiger partial charge in [0.2, 0.25) is 0 Å². The van der Waals surface area contributed by atoms with Gasteiger partial charge in [-0.1, -0.05) is 13.0 Å². The van der Waals surface area contributed by atoms with Crippen molar-refractivity contribution in [1.82, 2.24) is 25.4 Å². The Kier molecular flexibility index (Phi) is 7.18. The SMILES string of the molecule is CCNC(=NCc1nncn1C)NCC(CC)Oc1cccc(F)c1. The first-order chi connectivity index (χ1) is 12.1. The second-order valence-corrected chi connectivity index (χ2v) is 5.54. The Hall–Kier alpha value is -2.64. The number of halogens is 1. The van der Waals surface area contributed by atoms with E-state index in [1.807, 2.05) is 25.5 Å². The van der Waals surface area contributed by atoms with E-state index in [2.05, 4.69) is 25.8 Å². The normalized spacial score (nSPS) is 12.7. The molecule has 0 amide bonds. The van der Waals surface area contributed by atoms with Crippen molar-refractivity contribution in [2.24, 2.45) is 12.0 Å². The molecule has 0 saturated heterocycles. The Morgan fingerprint density at radius 3 is 2.84 bits per heavy atom. The summed E-state index contributed by atoms with van der Waals surface area (Å²) >= 11 is 0. The van der Waals surface area contributed by atoms with Gasteiger partial charge in [0.1, 0.15) is 30.5 Å². The number of aromatic nitrogens is 3. The number of guanidine groups is 1. The lowest BCUT2D eigenvalue weighted by Crippen LogP contribution is -2.42. The number of nitrogens with one attached hydrogen (secondary N) is 2. The van der Waals surface area contributed by atoms with Gasteiger partial charge in [0.15, 0.2) is 11.8 Å². The molecule has 0 saturated carbocycles. The van der Waals surface area contributed by atoms with Crippen LogP contribution in [-0.4, -0.2) is 39.9 Å². The van der Waals surface area contributed by atoms with Crippen LogP contribution >= 0.6 is 0 Å². The number of hydrogen-bond acceptors (Lipinski definition) is 4. The topological polar surface area (TPSA) is 76.4 Å². The molecule has 1 unspecified atom stereocenters. The van der Waals surface area contributed by atoms with Crippen LogP contribution in [0, 0.1) is 5.82 Å². The molecule has 0 bridgehead atoms. The molecule has 0 aliphatic rings. The van der Waals surface area contributed by atoms with E-state index in [4.69, 9.17) is 4.74 Å². The molecule has 0 radical (unpaired) electrons. The summed E-state index contributed by atoms with van der Waals surface area (Å²) in [6.45, 7) is 5.74. The fraction of sp³-hybridized carbons (Fsp3) is 0.471. The Balaban J connectivity index is 1.92. The zero-order chi connectivity index (χ0) is 18.1. The molecule has 0 spiro atoms. The van der Waals surface area contributed by atoms with E-state index in [0.717, 1.165) is 18.8 Å². The van der Waals surface area contributed by atoms with Crippen molar-refractivity contribution in [3.8, 4) is 5.75 Å². The second kappa shape index (κ2) is 9.61. The van der Waals surface area contributed by atoms with E-state index in [9.17, 15) is 4.39 Å². The largest absolute Gasteiger partial charge is 0.489 e. The number of aryl methyl sites for hydroxylation is 1. The van der Waals surface area contributed by atoms with Crippen molar-refractivity contribution in [1.29, 1.82) is 0 Å². The van der Waals surface area contributed by atoms with Gasteiger partial charge in [-0.3, -0.25) is 0 Å². The van der Waals surface area contributed by atoms with Gasteiger partial charge in [-0.25, -0.2) is 9.38 Å². The first-order valence-corrected chi connectivity index (χ1v) is 8.39. The molecule has 2 aromatic rings. The molecule has 136 valence electrons. The highest BCUT2D eigenvalue weighted by molar-refractivity contribution is 5.79. The second-order valence-electron chi connectivity index (χ2n) is 5.54. The molecule has 1 atom stereocenters. The standard InChI is InChI=1S/C17H25FN6O/c1-4-14(25-15-8-6-7-13(18)9-15)10-20-17(19-5-2)21-11-16-23-22-12-24(16)3/h6-9,12,14H,4-5,10-11H2,1-3H3,(H2,19,20,21). The van der Waals surface area contributed by atoms with E-state index in [0.29, 0.717) is 24.8 Å². The van der Waals surface area contributed by atoms with E-state index in [1.54, 1.807) is 18.5 Å². The molecular weight excluding hydrogens is 323 g/mol. The number of rotatable bonds is 8. The highest BCUT2D eigenvalue weighted by Crippen LogP contribution is 2.14. The predicted molar refractivity (Wildman–Crippen MR) is 94.9 cm³/mol. The quantitative estimate of drug-likeness (QED) is 0.563. The maximum absolute atomic E-state index is 13.3. The van der Waals surface area contributed by atoms with Gasteiger partial charge in [0, 0.05) is 19.7 Å². The monoisotopic (exact) mass is 348 g/mol. The molecule has 1 heterocycles. The van der Waals surface area contributed by atoms with Crippen LogP contribution in [0.3, 0.4) is 0 Å². The van der Waals surface area contributed by atoms with Crippen LogP contribution < -0.4 is 15.4 Å². The molecule has 0 aliphatic carbocycles. The van der Waals surface area contributed by atoms with Gasteiger partial charge in [-0.15, -0.1) is 10.2 Å². The lowest BCUT2D eigenvalue weighted by Gasteiger charge is -2.20. The summed E-state index contributed by atoms with van der Waals surface area (Å²) < 4.78 is 20.9. The van der Waals surface area contributed by atoms with Crippen molar-refractivity contribution in [2.75, 3.05) is 13.1 Å². The third-order valence-corrected chi connectivity index (χ3v) is 3.58. The van der Waals surface area contributed by atoms with Crippen LogP contribution in [0.15, 0.2) is 35.6 Å². The molecule has 0 fully saturated rings. The van der Waals surface area contributed by atoms with Gasteiger partial charge in [-0.05, 0) is 25.5 Å². The van der Waals surface area contributed by atoms with Crippen molar-refractivity contribution >= 4 is 5.96 Å². The zero-order valence-electron chi connectivity index (χ0n) is 14.9. The molecule has 1 aromatic carbocycles. The Morgan fingerprint density at radius 1 is 1.36 bits per heavy atom. The molecule has 25 heavy (non-hydrogen) atoms. The summed E-state index contributed by atoms with van der Waals surface area (Å²) in [7, 11) is 1.88. The van der Waals surface area contributed by atoms with Crippen LogP contribution in [0.5, 0.6) is 5.75 Å². The fourth-order valence-electron chi connectivity index (χ4n) is 2.15. The Bertz CT molecular complexity index is 687. The summed E-state index contributed by atoms with van der Waals surface area (Å²) in [5.74, 6) is 1.67.